The van der Waals surface area contributed by atoms with Crippen molar-refractivity contribution in [2.24, 2.45) is 12.5 Å². The van der Waals surface area contributed by atoms with E-state index in [2.05, 4.69) is 5.10 Å². The van der Waals surface area contributed by atoms with Crippen LogP contribution in [0.3, 0.4) is 0 Å². The highest BCUT2D eigenvalue weighted by atomic mass is 35.5. The lowest BCUT2D eigenvalue weighted by Crippen LogP contribution is -2.49. The number of ether oxygens (including phenoxy) is 2. The lowest BCUT2D eigenvalue weighted by atomic mass is 9.75. The van der Waals surface area contributed by atoms with Crippen molar-refractivity contribution in [1.82, 2.24) is 19.6 Å². The monoisotopic (exact) mass is 460 g/mol. The third kappa shape index (κ3) is 5.24. The number of carbonyl (C=O) groups excluding carboxylic acids is 2. The lowest BCUT2D eigenvalue weighted by molar-refractivity contribution is -0.139. The molecule has 2 saturated heterocycles. The first kappa shape index (κ1) is 22.6. The zero-order valence-corrected chi connectivity index (χ0v) is 19.1. The van der Waals surface area contributed by atoms with Gasteiger partial charge in [-0.05, 0) is 43.2 Å². The molecule has 0 N–H and O–H groups in total. The van der Waals surface area contributed by atoms with E-state index >= 15 is 0 Å². The van der Waals surface area contributed by atoms with Gasteiger partial charge in [-0.25, -0.2) is 0 Å². The molecule has 9 heteroatoms. The van der Waals surface area contributed by atoms with Crippen molar-refractivity contribution in [2.75, 3.05) is 46.0 Å². The van der Waals surface area contributed by atoms with Crippen LogP contribution in [0.5, 0.6) is 5.75 Å². The van der Waals surface area contributed by atoms with Gasteiger partial charge in [0.1, 0.15) is 11.4 Å². The summed E-state index contributed by atoms with van der Waals surface area (Å²) in [5.41, 5.74) is 0.234. The first-order chi connectivity index (χ1) is 15.5. The molecule has 0 bridgehead atoms. The number of halogens is 1. The van der Waals surface area contributed by atoms with Gasteiger partial charge in [0, 0.05) is 56.3 Å². The molecule has 0 aliphatic carbocycles. The number of rotatable bonds is 6. The second-order valence-corrected chi connectivity index (χ2v) is 8.98. The summed E-state index contributed by atoms with van der Waals surface area (Å²) >= 11 is 5.98. The van der Waals surface area contributed by atoms with Crippen molar-refractivity contribution in [2.45, 2.75) is 19.3 Å². The van der Waals surface area contributed by atoms with Crippen LogP contribution in [0.4, 0.5) is 0 Å². The van der Waals surface area contributed by atoms with E-state index in [-0.39, 0.29) is 17.2 Å². The summed E-state index contributed by atoms with van der Waals surface area (Å²) in [6.45, 7) is 3.96. The van der Waals surface area contributed by atoms with Crippen LogP contribution < -0.4 is 4.74 Å². The molecule has 1 aromatic carbocycles. The third-order valence-electron chi connectivity index (χ3n) is 6.40. The van der Waals surface area contributed by atoms with Crippen LogP contribution in [0, 0.1) is 5.41 Å². The zero-order valence-electron chi connectivity index (χ0n) is 18.3. The number of aromatic nitrogens is 2. The Balaban J connectivity index is 1.45. The summed E-state index contributed by atoms with van der Waals surface area (Å²) in [5.74, 6) is 0.817. The number of hydrogen-bond donors (Lipinski definition) is 0. The molecule has 0 radical (unpaired) electrons. The molecule has 2 aliphatic rings. The number of benzene rings is 1. The average molecular weight is 461 g/mol. The maximum absolute atomic E-state index is 13.1. The van der Waals surface area contributed by atoms with Gasteiger partial charge in [-0.3, -0.25) is 14.3 Å². The van der Waals surface area contributed by atoms with Gasteiger partial charge < -0.3 is 19.3 Å². The number of aryl methyl sites for hydroxylation is 1. The van der Waals surface area contributed by atoms with Gasteiger partial charge in [-0.1, -0.05) is 11.6 Å². The van der Waals surface area contributed by atoms with Crippen molar-refractivity contribution >= 4 is 23.4 Å². The second kappa shape index (κ2) is 9.92. The van der Waals surface area contributed by atoms with Crippen LogP contribution in [-0.4, -0.2) is 77.4 Å². The average Bonchev–Trinajstić information content (AvgIpc) is 3.25. The molecule has 1 aromatic heterocycles. The van der Waals surface area contributed by atoms with E-state index < -0.39 is 0 Å². The summed E-state index contributed by atoms with van der Waals surface area (Å²) in [6.07, 6.45) is 3.41. The van der Waals surface area contributed by atoms with Gasteiger partial charge in [-0.2, -0.15) is 5.10 Å². The van der Waals surface area contributed by atoms with E-state index in [0.717, 1.165) is 5.75 Å². The topological polar surface area (TPSA) is 76.9 Å². The highest BCUT2D eigenvalue weighted by molar-refractivity contribution is 6.30. The number of carbonyl (C=O) groups is 2. The minimum absolute atomic E-state index is 0.0308. The summed E-state index contributed by atoms with van der Waals surface area (Å²) in [5, 5.41) is 4.75. The molecular weight excluding hydrogens is 432 g/mol. The van der Waals surface area contributed by atoms with E-state index in [0.29, 0.717) is 76.0 Å². The number of likely N-dealkylation sites (tertiary alicyclic amines) is 1. The quantitative estimate of drug-likeness (QED) is 0.662. The summed E-state index contributed by atoms with van der Waals surface area (Å²) in [7, 11) is 1.77. The molecule has 2 amide bonds. The van der Waals surface area contributed by atoms with Crippen LogP contribution in [-0.2, 0) is 16.6 Å². The molecule has 8 nitrogen and oxygen atoms in total. The minimum atomic E-state index is -0.335. The van der Waals surface area contributed by atoms with E-state index in [1.165, 1.54) is 0 Å². The maximum Gasteiger partial charge on any atom is 0.272 e. The molecule has 3 heterocycles. The second-order valence-electron chi connectivity index (χ2n) is 8.54. The fourth-order valence-electron chi connectivity index (χ4n) is 4.31. The van der Waals surface area contributed by atoms with Crippen LogP contribution in [0.15, 0.2) is 36.5 Å². The SMILES string of the molecule is Cn1nccc1C(=O)N1CCC(COc2ccc(Cl)cc2)(CC(=O)N2CCOCC2)CC1. The molecule has 2 aliphatic heterocycles. The van der Waals surface area contributed by atoms with Crippen LogP contribution in [0.25, 0.3) is 0 Å². The lowest BCUT2D eigenvalue weighted by Gasteiger charge is -2.42. The number of nitrogens with zero attached hydrogens (tertiary/aromatic N) is 4. The molecule has 0 spiro atoms. The van der Waals surface area contributed by atoms with E-state index in [1.807, 2.05) is 21.9 Å². The molecule has 0 atom stereocenters. The van der Waals surface area contributed by atoms with Crippen LogP contribution in [0.2, 0.25) is 5.02 Å². The van der Waals surface area contributed by atoms with Crippen molar-refractivity contribution in [3.05, 3.63) is 47.2 Å². The molecule has 32 heavy (non-hydrogen) atoms. The molecule has 172 valence electrons. The molecule has 2 aromatic rings. The van der Waals surface area contributed by atoms with E-state index in [9.17, 15) is 9.59 Å². The highest BCUT2D eigenvalue weighted by Gasteiger charge is 2.40. The number of hydrogen-bond acceptors (Lipinski definition) is 5. The Morgan fingerprint density at radius 2 is 1.75 bits per heavy atom. The van der Waals surface area contributed by atoms with Crippen LogP contribution >= 0.6 is 11.6 Å². The fraction of sp³-hybridized carbons (Fsp3) is 0.522. The largest absolute Gasteiger partial charge is 0.493 e. The predicted octanol–water partition coefficient (Wildman–Crippen LogP) is 2.62. The number of piperidine rings is 1. The number of amides is 2. The Bertz CT molecular complexity index is 932. The van der Waals surface area contributed by atoms with Crippen molar-refractivity contribution in [3.63, 3.8) is 0 Å². The molecule has 4 rings (SSSR count). The summed E-state index contributed by atoms with van der Waals surface area (Å²) in [6, 6.07) is 8.98. The Morgan fingerprint density at radius 1 is 1.06 bits per heavy atom. The smallest absolute Gasteiger partial charge is 0.272 e. The standard InChI is InChI=1S/C23H29ClN4O4/c1-26-20(6-9-25-26)22(30)28-10-7-23(8-11-28,16-21(29)27-12-14-31-15-13-27)17-32-19-4-2-18(24)3-5-19/h2-6,9H,7-8,10-17H2,1H3. The first-order valence-corrected chi connectivity index (χ1v) is 11.3. The maximum atomic E-state index is 13.1. The van der Waals surface area contributed by atoms with Gasteiger partial charge >= 0.3 is 0 Å². The molecule has 2 fully saturated rings. The molecule has 0 saturated carbocycles. The van der Waals surface area contributed by atoms with E-state index in [4.69, 9.17) is 21.1 Å². The fourth-order valence-corrected chi connectivity index (χ4v) is 4.44. The van der Waals surface area contributed by atoms with Gasteiger partial charge in [0.25, 0.3) is 5.91 Å². The van der Waals surface area contributed by atoms with Crippen molar-refractivity contribution in [1.29, 1.82) is 0 Å². The van der Waals surface area contributed by atoms with Crippen molar-refractivity contribution in [3.8, 4) is 5.75 Å². The number of morpholine rings is 1. The highest BCUT2D eigenvalue weighted by Crippen LogP contribution is 2.37. The van der Waals surface area contributed by atoms with Gasteiger partial charge in [-0.15, -0.1) is 0 Å². The van der Waals surface area contributed by atoms with Crippen LogP contribution in [0.1, 0.15) is 29.8 Å². The first-order valence-electron chi connectivity index (χ1n) is 11.0. The predicted molar refractivity (Wildman–Crippen MR) is 120 cm³/mol. The Morgan fingerprint density at radius 3 is 2.38 bits per heavy atom. The van der Waals surface area contributed by atoms with E-state index in [1.54, 1.807) is 36.1 Å². The molecular formula is C23H29ClN4O4. The Hall–Kier alpha value is -2.58. The van der Waals surface area contributed by atoms with Gasteiger partial charge in [0.15, 0.2) is 0 Å². The normalized spacial score (nSPS) is 18.4. The summed E-state index contributed by atoms with van der Waals surface area (Å²) in [4.78, 5) is 29.7. The Labute approximate surface area is 193 Å². The minimum Gasteiger partial charge on any atom is -0.493 e. The summed E-state index contributed by atoms with van der Waals surface area (Å²) < 4.78 is 13.1. The molecule has 0 unspecified atom stereocenters. The zero-order chi connectivity index (χ0) is 22.6. The van der Waals surface area contributed by atoms with Crippen molar-refractivity contribution < 1.29 is 19.1 Å². The van der Waals surface area contributed by atoms with Gasteiger partial charge in [0.2, 0.25) is 5.91 Å². The Kier molecular flexibility index (Phi) is 7.01. The van der Waals surface area contributed by atoms with Gasteiger partial charge in [0.05, 0.1) is 19.8 Å². The third-order valence-corrected chi connectivity index (χ3v) is 6.65.